The van der Waals surface area contributed by atoms with Crippen LogP contribution in [0.2, 0.25) is 0 Å². The largest absolute Gasteiger partial charge is 0.397 e. The molecule has 3 N–H and O–H groups in total. The van der Waals surface area contributed by atoms with E-state index >= 15 is 0 Å². The second-order valence-corrected chi connectivity index (χ2v) is 4.41. The predicted molar refractivity (Wildman–Crippen MR) is 65.2 cm³/mol. The van der Waals surface area contributed by atoms with Crippen LogP contribution in [0.5, 0.6) is 0 Å². The highest BCUT2D eigenvalue weighted by atomic mass is 16.5. The smallest absolute Gasteiger partial charge is 0.0794 e. The molecule has 1 aromatic carbocycles. The molecule has 0 aliphatic heterocycles. The van der Waals surface area contributed by atoms with E-state index in [9.17, 15) is 0 Å². The highest BCUT2D eigenvalue weighted by Gasteiger charge is 2.15. The number of anilines is 2. The zero-order valence-electron chi connectivity index (χ0n) is 9.92. The van der Waals surface area contributed by atoms with Gasteiger partial charge < -0.3 is 15.8 Å². The number of ether oxygens (including phenoxy) is 1. The molecule has 0 saturated carbocycles. The van der Waals surface area contributed by atoms with Gasteiger partial charge in [0, 0.05) is 13.7 Å². The summed E-state index contributed by atoms with van der Waals surface area (Å²) in [7, 11) is 1.71. The maximum atomic E-state index is 5.89. The van der Waals surface area contributed by atoms with Gasteiger partial charge in [0.1, 0.15) is 0 Å². The first-order chi connectivity index (χ1) is 6.94. The molecule has 0 aromatic heterocycles. The molecule has 15 heavy (non-hydrogen) atoms. The van der Waals surface area contributed by atoms with Crippen LogP contribution in [0.25, 0.3) is 0 Å². The van der Waals surface area contributed by atoms with Crippen LogP contribution >= 0.6 is 0 Å². The monoisotopic (exact) mass is 208 g/mol. The van der Waals surface area contributed by atoms with Crippen LogP contribution in [0.4, 0.5) is 11.4 Å². The molecule has 0 heterocycles. The fourth-order valence-corrected chi connectivity index (χ4v) is 1.22. The van der Waals surface area contributed by atoms with E-state index in [2.05, 4.69) is 5.32 Å². The average Bonchev–Trinajstić information content (AvgIpc) is 2.16. The summed E-state index contributed by atoms with van der Waals surface area (Å²) >= 11 is 0. The maximum Gasteiger partial charge on any atom is 0.0794 e. The highest BCUT2D eigenvalue weighted by molar-refractivity contribution is 5.66. The fourth-order valence-electron chi connectivity index (χ4n) is 1.22. The Hall–Kier alpha value is -1.22. The molecular weight excluding hydrogens is 188 g/mol. The summed E-state index contributed by atoms with van der Waals surface area (Å²) in [5, 5.41) is 3.28. The zero-order chi connectivity index (χ0) is 11.5. The Bertz CT molecular complexity index is 334. The lowest BCUT2D eigenvalue weighted by atomic mass is 10.1. The van der Waals surface area contributed by atoms with Crippen molar-refractivity contribution in [3.8, 4) is 0 Å². The third kappa shape index (κ3) is 3.44. The zero-order valence-corrected chi connectivity index (χ0v) is 9.92. The molecule has 0 saturated heterocycles. The summed E-state index contributed by atoms with van der Waals surface area (Å²) in [5.41, 5.74) is 8.62. The van der Waals surface area contributed by atoms with Gasteiger partial charge in [-0.3, -0.25) is 0 Å². The van der Waals surface area contributed by atoms with Gasteiger partial charge in [-0.15, -0.1) is 0 Å². The van der Waals surface area contributed by atoms with Gasteiger partial charge in [0.25, 0.3) is 0 Å². The van der Waals surface area contributed by atoms with E-state index in [4.69, 9.17) is 10.5 Å². The number of nitrogens with one attached hydrogen (secondary N) is 1. The van der Waals surface area contributed by atoms with Crippen LogP contribution in [0.3, 0.4) is 0 Å². The lowest BCUT2D eigenvalue weighted by Crippen LogP contribution is -2.32. The second kappa shape index (κ2) is 4.53. The highest BCUT2D eigenvalue weighted by Crippen LogP contribution is 2.20. The third-order valence-electron chi connectivity index (χ3n) is 2.46. The molecule has 0 aliphatic rings. The summed E-state index contributed by atoms with van der Waals surface area (Å²) in [6, 6.07) is 6.00. The van der Waals surface area contributed by atoms with Crippen LogP contribution in [-0.2, 0) is 4.74 Å². The van der Waals surface area contributed by atoms with Gasteiger partial charge in [-0.2, -0.15) is 0 Å². The number of rotatable bonds is 4. The summed E-state index contributed by atoms with van der Waals surface area (Å²) in [6.45, 7) is 6.82. The van der Waals surface area contributed by atoms with Gasteiger partial charge in [-0.1, -0.05) is 6.07 Å². The molecule has 0 bridgehead atoms. The van der Waals surface area contributed by atoms with Crippen LogP contribution in [0.1, 0.15) is 19.4 Å². The molecule has 0 atom stereocenters. The van der Waals surface area contributed by atoms with Crippen molar-refractivity contribution in [1.29, 1.82) is 0 Å². The Morgan fingerprint density at radius 2 is 2.07 bits per heavy atom. The first kappa shape index (κ1) is 11.9. The van der Waals surface area contributed by atoms with Crippen molar-refractivity contribution in [2.24, 2.45) is 0 Å². The minimum atomic E-state index is -0.183. The number of hydrogen-bond acceptors (Lipinski definition) is 3. The van der Waals surface area contributed by atoms with Gasteiger partial charge in [0.05, 0.1) is 17.0 Å². The molecular formula is C12H20N2O. The molecule has 1 aromatic rings. The maximum absolute atomic E-state index is 5.89. The molecule has 3 heteroatoms. The molecule has 3 nitrogen and oxygen atoms in total. The SMILES string of the molecule is COC(C)(C)CNc1ccc(C)cc1N. The van der Waals surface area contributed by atoms with Crippen molar-refractivity contribution >= 4 is 11.4 Å². The Labute approximate surface area is 91.6 Å². The van der Waals surface area contributed by atoms with Gasteiger partial charge in [-0.05, 0) is 38.5 Å². The minimum absolute atomic E-state index is 0.183. The quantitative estimate of drug-likeness (QED) is 0.747. The Kier molecular flexibility index (Phi) is 3.58. The van der Waals surface area contributed by atoms with Crippen LogP contribution in [0.15, 0.2) is 18.2 Å². The number of hydrogen-bond donors (Lipinski definition) is 2. The molecule has 0 unspecified atom stereocenters. The Balaban J connectivity index is 2.66. The Morgan fingerprint density at radius 3 is 2.60 bits per heavy atom. The van der Waals surface area contributed by atoms with Gasteiger partial charge in [0.2, 0.25) is 0 Å². The number of methoxy groups -OCH3 is 1. The van der Waals surface area contributed by atoms with Crippen LogP contribution < -0.4 is 11.1 Å². The van der Waals surface area contributed by atoms with E-state index in [0.717, 1.165) is 17.9 Å². The Morgan fingerprint density at radius 1 is 1.40 bits per heavy atom. The first-order valence-corrected chi connectivity index (χ1v) is 5.10. The molecule has 1 rings (SSSR count). The number of nitrogens with two attached hydrogens (primary N) is 1. The van der Waals surface area contributed by atoms with Crippen molar-refractivity contribution < 1.29 is 4.74 Å². The summed E-state index contributed by atoms with van der Waals surface area (Å²) in [4.78, 5) is 0. The molecule has 0 aliphatic carbocycles. The lowest BCUT2D eigenvalue weighted by molar-refractivity contribution is 0.0344. The standard InChI is InChI=1S/C12H20N2O/c1-9-5-6-11(10(13)7-9)14-8-12(2,3)15-4/h5-7,14H,8,13H2,1-4H3. The van der Waals surface area contributed by atoms with Gasteiger partial charge >= 0.3 is 0 Å². The predicted octanol–water partition coefficient (Wildman–Crippen LogP) is 2.41. The normalized spacial score (nSPS) is 11.5. The number of aryl methyl sites for hydroxylation is 1. The summed E-state index contributed by atoms with van der Waals surface area (Å²) < 4.78 is 5.32. The molecule has 84 valence electrons. The van der Waals surface area contributed by atoms with Gasteiger partial charge in [0.15, 0.2) is 0 Å². The van der Waals surface area contributed by atoms with E-state index in [1.807, 2.05) is 39.0 Å². The average molecular weight is 208 g/mol. The van der Waals surface area contributed by atoms with E-state index in [-0.39, 0.29) is 5.60 Å². The van der Waals surface area contributed by atoms with E-state index in [1.54, 1.807) is 7.11 Å². The van der Waals surface area contributed by atoms with Crippen LogP contribution in [0, 0.1) is 6.92 Å². The second-order valence-electron chi connectivity index (χ2n) is 4.41. The van der Waals surface area contributed by atoms with Crippen molar-refractivity contribution in [1.82, 2.24) is 0 Å². The van der Waals surface area contributed by atoms with E-state index in [1.165, 1.54) is 5.56 Å². The summed E-state index contributed by atoms with van der Waals surface area (Å²) in [6.07, 6.45) is 0. The summed E-state index contributed by atoms with van der Waals surface area (Å²) in [5.74, 6) is 0. The molecule has 0 radical (unpaired) electrons. The minimum Gasteiger partial charge on any atom is -0.397 e. The third-order valence-corrected chi connectivity index (χ3v) is 2.46. The van der Waals surface area contributed by atoms with Crippen molar-refractivity contribution in [3.63, 3.8) is 0 Å². The van der Waals surface area contributed by atoms with Crippen molar-refractivity contribution in [2.45, 2.75) is 26.4 Å². The lowest BCUT2D eigenvalue weighted by Gasteiger charge is -2.24. The van der Waals surface area contributed by atoms with Gasteiger partial charge in [-0.25, -0.2) is 0 Å². The van der Waals surface area contributed by atoms with Crippen molar-refractivity contribution in [3.05, 3.63) is 23.8 Å². The first-order valence-electron chi connectivity index (χ1n) is 5.10. The topological polar surface area (TPSA) is 47.3 Å². The molecule has 0 spiro atoms. The molecule has 0 fully saturated rings. The fraction of sp³-hybridized carbons (Fsp3) is 0.500. The number of benzene rings is 1. The van der Waals surface area contributed by atoms with E-state index in [0.29, 0.717) is 0 Å². The molecule has 0 amide bonds. The van der Waals surface area contributed by atoms with Crippen molar-refractivity contribution in [2.75, 3.05) is 24.7 Å². The van der Waals surface area contributed by atoms with E-state index < -0.39 is 0 Å². The van der Waals surface area contributed by atoms with Crippen LogP contribution in [-0.4, -0.2) is 19.3 Å². The number of nitrogen functional groups attached to an aromatic ring is 1.